The Bertz CT molecular complexity index is 500. The Morgan fingerprint density at radius 3 is 2.55 bits per heavy atom. The molecule has 0 saturated heterocycles. The lowest BCUT2D eigenvalue weighted by atomic mass is 10.1. The van der Waals surface area contributed by atoms with E-state index in [4.69, 9.17) is 11.6 Å². The number of nitrogens with one attached hydrogen (secondary N) is 1. The lowest BCUT2D eigenvalue weighted by molar-refractivity contribution is 0.147. The maximum Gasteiger partial charge on any atom is 0.287 e. The van der Waals surface area contributed by atoms with Crippen molar-refractivity contribution in [3.63, 3.8) is 0 Å². The molecule has 0 aromatic carbocycles. The Hall–Kier alpha value is -1.15. The highest BCUT2D eigenvalue weighted by molar-refractivity contribution is 6.32. The maximum atomic E-state index is 12.0. The van der Waals surface area contributed by atoms with Gasteiger partial charge in [-0.2, -0.15) is 5.10 Å². The fourth-order valence-electron chi connectivity index (χ4n) is 1.46. The molecule has 0 atom stereocenters. The van der Waals surface area contributed by atoms with Crippen LogP contribution in [0.25, 0.3) is 0 Å². The average molecular weight is 305 g/mol. The van der Waals surface area contributed by atoms with Gasteiger partial charge < -0.3 is 20.4 Å². The minimum atomic E-state index is -0.965. The van der Waals surface area contributed by atoms with Crippen molar-refractivity contribution < 1.29 is 10.2 Å². The molecule has 0 aliphatic carbocycles. The number of halogens is 1. The number of hydrogen-bond acceptors (Lipinski definition) is 6. The topological polar surface area (TPSA) is 90.6 Å². The lowest BCUT2D eigenvalue weighted by Crippen LogP contribution is -2.43. The Morgan fingerprint density at radius 2 is 2.05 bits per heavy atom. The molecule has 7 nitrogen and oxygen atoms in total. The van der Waals surface area contributed by atoms with Gasteiger partial charge in [0.2, 0.25) is 0 Å². The molecule has 0 radical (unpaired) electrons. The van der Waals surface area contributed by atoms with Crippen LogP contribution in [0.2, 0.25) is 5.02 Å². The maximum absolute atomic E-state index is 12.0. The van der Waals surface area contributed by atoms with Crippen LogP contribution in [-0.4, -0.2) is 64.3 Å². The summed E-state index contributed by atoms with van der Waals surface area (Å²) in [6, 6.07) is 0. The van der Waals surface area contributed by atoms with Gasteiger partial charge in [-0.1, -0.05) is 11.6 Å². The Balaban J connectivity index is 2.97. The summed E-state index contributed by atoms with van der Waals surface area (Å²) >= 11 is 6.02. The first-order valence-corrected chi connectivity index (χ1v) is 6.61. The summed E-state index contributed by atoms with van der Waals surface area (Å²) in [5.41, 5.74) is -1.08. The molecular formula is C12H21ClN4O3. The second kappa shape index (κ2) is 7.03. The zero-order chi connectivity index (χ0) is 15.3. The highest BCUT2D eigenvalue weighted by atomic mass is 35.5. The highest BCUT2D eigenvalue weighted by Crippen LogP contribution is 2.20. The summed E-state index contributed by atoms with van der Waals surface area (Å²) in [6.45, 7) is 2.11. The van der Waals surface area contributed by atoms with Crippen LogP contribution in [0.3, 0.4) is 0 Å². The molecule has 1 aromatic rings. The smallest absolute Gasteiger partial charge is 0.287 e. The van der Waals surface area contributed by atoms with Crippen molar-refractivity contribution in [1.29, 1.82) is 0 Å². The molecule has 0 unspecified atom stereocenters. The van der Waals surface area contributed by atoms with Crippen LogP contribution >= 0.6 is 11.6 Å². The molecular weight excluding hydrogens is 284 g/mol. The monoisotopic (exact) mass is 304 g/mol. The van der Waals surface area contributed by atoms with Crippen LogP contribution in [0.15, 0.2) is 11.0 Å². The van der Waals surface area contributed by atoms with E-state index >= 15 is 0 Å². The number of aromatic nitrogens is 2. The van der Waals surface area contributed by atoms with Gasteiger partial charge in [-0.15, -0.1) is 0 Å². The van der Waals surface area contributed by atoms with Crippen LogP contribution in [0.5, 0.6) is 0 Å². The van der Waals surface area contributed by atoms with E-state index in [0.717, 1.165) is 0 Å². The number of aliphatic hydroxyl groups is 2. The largest absolute Gasteiger partial charge is 0.394 e. The van der Waals surface area contributed by atoms with Gasteiger partial charge in [0.05, 0.1) is 37.2 Å². The predicted molar refractivity (Wildman–Crippen MR) is 78.3 cm³/mol. The molecule has 0 amide bonds. The average Bonchev–Trinajstić information content (AvgIpc) is 2.42. The van der Waals surface area contributed by atoms with E-state index in [0.29, 0.717) is 18.8 Å². The molecule has 0 bridgehead atoms. The van der Waals surface area contributed by atoms with Gasteiger partial charge in [-0.3, -0.25) is 4.79 Å². The molecule has 0 aliphatic rings. The van der Waals surface area contributed by atoms with E-state index in [-0.39, 0.29) is 18.2 Å². The van der Waals surface area contributed by atoms with Gasteiger partial charge in [-0.05, 0) is 21.0 Å². The van der Waals surface area contributed by atoms with Crippen LogP contribution in [0, 0.1) is 0 Å². The quantitative estimate of drug-likeness (QED) is 0.636. The normalized spacial score (nSPS) is 11.9. The summed E-state index contributed by atoms with van der Waals surface area (Å²) in [5, 5.41) is 25.3. The summed E-state index contributed by atoms with van der Waals surface area (Å²) in [4.78, 5) is 14.0. The first-order chi connectivity index (χ1) is 9.33. The third-order valence-electron chi connectivity index (χ3n) is 2.88. The molecule has 20 heavy (non-hydrogen) atoms. The Labute approximate surface area is 122 Å². The van der Waals surface area contributed by atoms with Crippen molar-refractivity contribution in [1.82, 2.24) is 14.7 Å². The summed E-state index contributed by atoms with van der Waals surface area (Å²) in [6.07, 6.45) is 1.42. The summed E-state index contributed by atoms with van der Waals surface area (Å²) < 4.78 is 1.28. The molecule has 0 fully saturated rings. The molecule has 0 saturated carbocycles. The van der Waals surface area contributed by atoms with E-state index in [1.165, 1.54) is 10.9 Å². The molecule has 0 spiro atoms. The van der Waals surface area contributed by atoms with E-state index in [1.54, 1.807) is 6.92 Å². The molecule has 1 heterocycles. The predicted octanol–water partition coefficient (Wildman–Crippen LogP) is -0.386. The fraction of sp³-hybridized carbons (Fsp3) is 0.667. The minimum Gasteiger partial charge on any atom is -0.394 e. The molecule has 8 heteroatoms. The second-order valence-corrected chi connectivity index (χ2v) is 5.58. The Morgan fingerprint density at radius 1 is 1.45 bits per heavy atom. The van der Waals surface area contributed by atoms with Gasteiger partial charge in [-0.25, -0.2) is 4.68 Å². The van der Waals surface area contributed by atoms with Crippen LogP contribution in [-0.2, 0) is 6.54 Å². The van der Waals surface area contributed by atoms with Crippen molar-refractivity contribution in [3.8, 4) is 0 Å². The molecule has 1 aromatic heterocycles. The zero-order valence-electron chi connectivity index (χ0n) is 11.9. The van der Waals surface area contributed by atoms with Crippen molar-refractivity contribution in [2.45, 2.75) is 19.0 Å². The van der Waals surface area contributed by atoms with Crippen LogP contribution in [0.4, 0.5) is 5.69 Å². The number of rotatable bonds is 7. The SMILES string of the molecule is CN(C)CCn1ncc(NC(C)(CO)CO)c(Cl)c1=O. The summed E-state index contributed by atoms with van der Waals surface area (Å²) in [5.74, 6) is 0. The van der Waals surface area contributed by atoms with E-state index in [2.05, 4.69) is 10.4 Å². The second-order valence-electron chi connectivity index (χ2n) is 5.21. The van der Waals surface area contributed by atoms with E-state index in [9.17, 15) is 15.0 Å². The van der Waals surface area contributed by atoms with Gasteiger partial charge in [0.15, 0.2) is 0 Å². The number of aliphatic hydroxyl groups excluding tert-OH is 2. The first-order valence-electron chi connectivity index (χ1n) is 6.23. The van der Waals surface area contributed by atoms with Crippen LogP contribution in [0.1, 0.15) is 6.92 Å². The van der Waals surface area contributed by atoms with Crippen LogP contribution < -0.4 is 10.9 Å². The highest BCUT2D eigenvalue weighted by Gasteiger charge is 2.24. The first kappa shape index (κ1) is 16.9. The summed E-state index contributed by atoms with van der Waals surface area (Å²) in [7, 11) is 3.80. The molecule has 0 aliphatic heterocycles. The van der Waals surface area contributed by atoms with Crippen molar-refractivity contribution in [2.24, 2.45) is 0 Å². The van der Waals surface area contributed by atoms with Gasteiger partial charge >= 0.3 is 0 Å². The third kappa shape index (κ3) is 4.17. The van der Waals surface area contributed by atoms with Crippen molar-refractivity contribution in [2.75, 3.05) is 39.2 Å². The van der Waals surface area contributed by atoms with E-state index in [1.807, 2.05) is 19.0 Å². The third-order valence-corrected chi connectivity index (χ3v) is 3.24. The number of nitrogens with zero attached hydrogens (tertiary/aromatic N) is 3. The van der Waals surface area contributed by atoms with Gasteiger partial charge in [0.1, 0.15) is 5.02 Å². The lowest BCUT2D eigenvalue weighted by Gasteiger charge is -2.27. The zero-order valence-corrected chi connectivity index (χ0v) is 12.7. The van der Waals surface area contributed by atoms with Crippen molar-refractivity contribution >= 4 is 17.3 Å². The fourth-order valence-corrected chi connectivity index (χ4v) is 1.65. The minimum absolute atomic E-state index is 0.00752. The van der Waals surface area contributed by atoms with Crippen molar-refractivity contribution in [3.05, 3.63) is 21.6 Å². The van der Waals surface area contributed by atoms with Gasteiger partial charge in [0, 0.05) is 6.54 Å². The number of likely N-dealkylation sites (N-methyl/N-ethyl adjacent to an activating group) is 1. The van der Waals surface area contributed by atoms with Gasteiger partial charge in [0.25, 0.3) is 5.56 Å². The molecule has 1 rings (SSSR count). The Kier molecular flexibility index (Phi) is 5.94. The standard InChI is InChI=1S/C12H21ClN4O3/c1-12(7-18,8-19)15-9-6-14-17(5-4-16(2)3)11(20)10(9)13/h6,15,18-19H,4-5,7-8H2,1-3H3. The van der Waals surface area contributed by atoms with E-state index < -0.39 is 11.1 Å². The molecule has 3 N–H and O–H groups in total. The molecule has 114 valence electrons. The number of anilines is 1. The number of hydrogen-bond donors (Lipinski definition) is 3.